The number of carboxylic acid groups (broad SMARTS) is 1. The van der Waals surface area contributed by atoms with E-state index in [0.717, 1.165) is 24.1 Å². The third-order valence-electron chi connectivity index (χ3n) is 3.33. The van der Waals surface area contributed by atoms with Gasteiger partial charge < -0.3 is 5.11 Å². The van der Waals surface area contributed by atoms with Crippen LogP contribution in [0.5, 0.6) is 0 Å². The Balaban J connectivity index is 2.14. The lowest BCUT2D eigenvalue weighted by atomic mass is 9.89. The van der Waals surface area contributed by atoms with Crippen molar-refractivity contribution >= 4 is 5.97 Å². The molecule has 5 nitrogen and oxygen atoms in total. The van der Waals surface area contributed by atoms with Crippen LogP contribution < -0.4 is 0 Å². The Labute approximate surface area is 97.5 Å². The van der Waals surface area contributed by atoms with E-state index in [9.17, 15) is 9.90 Å². The number of aromatic carboxylic acids is 1. The topological polar surface area (TPSA) is 78.9 Å². The summed E-state index contributed by atoms with van der Waals surface area (Å²) in [5.41, 5.74) is 1.77. The molecule has 0 atom stereocenters. The number of carboxylic acids is 1. The molecule has 1 fully saturated rings. The number of aromatic nitrogens is 3. The fraction of sp³-hybridized carbons (Fsp3) is 0.250. The van der Waals surface area contributed by atoms with Crippen LogP contribution in [0.25, 0.3) is 0 Å². The van der Waals surface area contributed by atoms with E-state index in [1.54, 1.807) is 18.3 Å². The van der Waals surface area contributed by atoms with Crippen LogP contribution in [-0.2, 0) is 5.41 Å². The van der Waals surface area contributed by atoms with Crippen molar-refractivity contribution in [1.82, 2.24) is 15.4 Å². The second-order valence-electron chi connectivity index (χ2n) is 4.29. The van der Waals surface area contributed by atoms with Gasteiger partial charge in [-0.25, -0.2) is 4.79 Å². The van der Waals surface area contributed by atoms with E-state index in [0.29, 0.717) is 5.56 Å². The summed E-state index contributed by atoms with van der Waals surface area (Å²) in [6.45, 7) is 0. The molecule has 1 heterocycles. The van der Waals surface area contributed by atoms with E-state index >= 15 is 0 Å². The molecule has 0 spiro atoms. The van der Waals surface area contributed by atoms with Gasteiger partial charge in [-0.05, 0) is 24.5 Å². The molecule has 1 aliphatic rings. The van der Waals surface area contributed by atoms with Crippen molar-refractivity contribution in [3.8, 4) is 0 Å². The number of nitrogens with zero attached hydrogens (tertiary/aromatic N) is 2. The SMILES string of the molecule is O=C(O)c1ccccc1C1(c2cn[nH]n2)CC1. The van der Waals surface area contributed by atoms with E-state index in [2.05, 4.69) is 15.4 Å². The first-order chi connectivity index (χ1) is 8.24. The van der Waals surface area contributed by atoms with Gasteiger partial charge in [0, 0.05) is 5.41 Å². The summed E-state index contributed by atoms with van der Waals surface area (Å²) in [5.74, 6) is -0.893. The highest BCUT2D eigenvalue weighted by molar-refractivity contribution is 5.90. The van der Waals surface area contributed by atoms with Crippen molar-refractivity contribution in [3.63, 3.8) is 0 Å². The van der Waals surface area contributed by atoms with Gasteiger partial charge in [0.25, 0.3) is 0 Å². The van der Waals surface area contributed by atoms with Crippen LogP contribution in [0.2, 0.25) is 0 Å². The van der Waals surface area contributed by atoms with Crippen molar-refractivity contribution < 1.29 is 9.90 Å². The molecule has 1 aromatic heterocycles. The lowest BCUT2D eigenvalue weighted by Crippen LogP contribution is -2.14. The molecule has 0 radical (unpaired) electrons. The average Bonchev–Trinajstić information content (AvgIpc) is 2.96. The van der Waals surface area contributed by atoms with Gasteiger partial charge in [-0.3, -0.25) is 0 Å². The Kier molecular flexibility index (Phi) is 2.01. The maximum atomic E-state index is 11.2. The maximum Gasteiger partial charge on any atom is 0.335 e. The molecule has 1 aliphatic carbocycles. The summed E-state index contributed by atoms with van der Waals surface area (Å²) in [6.07, 6.45) is 3.51. The van der Waals surface area contributed by atoms with Crippen LogP contribution >= 0.6 is 0 Å². The number of H-pyrrole nitrogens is 1. The van der Waals surface area contributed by atoms with Crippen molar-refractivity contribution in [2.45, 2.75) is 18.3 Å². The standard InChI is InChI=1S/C12H11N3O2/c16-11(17)8-3-1-2-4-9(8)12(5-6-12)10-7-13-15-14-10/h1-4,7H,5-6H2,(H,16,17)(H,13,14,15). The second kappa shape index (κ2) is 3.41. The van der Waals surface area contributed by atoms with Crippen molar-refractivity contribution in [3.05, 3.63) is 47.3 Å². The third-order valence-corrected chi connectivity index (χ3v) is 3.33. The fourth-order valence-corrected chi connectivity index (χ4v) is 2.31. The molecule has 5 heteroatoms. The highest BCUT2D eigenvalue weighted by Gasteiger charge is 2.49. The summed E-state index contributed by atoms with van der Waals surface area (Å²) in [5, 5.41) is 19.7. The Morgan fingerprint density at radius 2 is 2.12 bits per heavy atom. The lowest BCUT2D eigenvalue weighted by Gasteiger charge is -2.14. The number of nitrogens with one attached hydrogen (secondary N) is 1. The summed E-state index contributed by atoms with van der Waals surface area (Å²) in [4.78, 5) is 11.2. The molecule has 0 saturated heterocycles. The van der Waals surface area contributed by atoms with E-state index in [1.807, 2.05) is 12.1 Å². The second-order valence-corrected chi connectivity index (χ2v) is 4.29. The minimum atomic E-state index is -0.893. The molecule has 1 aromatic carbocycles. The number of aromatic amines is 1. The molecule has 17 heavy (non-hydrogen) atoms. The van der Waals surface area contributed by atoms with Crippen LogP contribution in [0.4, 0.5) is 0 Å². The molecule has 0 unspecified atom stereocenters. The summed E-state index contributed by atoms with van der Waals surface area (Å²) < 4.78 is 0. The molecule has 2 aromatic rings. The number of benzene rings is 1. The van der Waals surface area contributed by atoms with Crippen LogP contribution in [0.3, 0.4) is 0 Å². The molecule has 1 saturated carbocycles. The normalized spacial score (nSPS) is 16.7. The van der Waals surface area contributed by atoms with E-state index in [4.69, 9.17) is 0 Å². The maximum absolute atomic E-state index is 11.2. The summed E-state index contributed by atoms with van der Waals surface area (Å²) >= 11 is 0. The van der Waals surface area contributed by atoms with E-state index in [-0.39, 0.29) is 5.41 Å². The summed E-state index contributed by atoms with van der Waals surface area (Å²) in [7, 11) is 0. The Bertz CT molecular complexity index is 559. The number of hydrogen-bond acceptors (Lipinski definition) is 3. The quantitative estimate of drug-likeness (QED) is 0.837. The summed E-state index contributed by atoms with van der Waals surface area (Å²) in [6, 6.07) is 7.11. The fourth-order valence-electron chi connectivity index (χ4n) is 2.31. The van der Waals surface area contributed by atoms with Crippen LogP contribution in [0, 0.1) is 0 Å². The van der Waals surface area contributed by atoms with Crippen LogP contribution in [0.1, 0.15) is 34.5 Å². The van der Waals surface area contributed by atoms with E-state index < -0.39 is 5.97 Å². The van der Waals surface area contributed by atoms with Crippen molar-refractivity contribution in [1.29, 1.82) is 0 Å². The van der Waals surface area contributed by atoms with Crippen molar-refractivity contribution in [2.24, 2.45) is 0 Å². The molecule has 3 rings (SSSR count). The van der Waals surface area contributed by atoms with Gasteiger partial charge in [0.2, 0.25) is 0 Å². The highest BCUT2D eigenvalue weighted by Crippen LogP contribution is 2.53. The average molecular weight is 229 g/mol. The minimum absolute atomic E-state index is 0.248. The predicted octanol–water partition coefficient (Wildman–Crippen LogP) is 1.58. The predicted molar refractivity (Wildman–Crippen MR) is 59.8 cm³/mol. The Morgan fingerprint density at radius 1 is 1.35 bits per heavy atom. The molecule has 86 valence electrons. The van der Waals surface area contributed by atoms with Gasteiger partial charge in [0.15, 0.2) is 0 Å². The number of carbonyl (C=O) groups is 1. The minimum Gasteiger partial charge on any atom is -0.478 e. The van der Waals surface area contributed by atoms with Crippen LogP contribution in [-0.4, -0.2) is 26.5 Å². The van der Waals surface area contributed by atoms with Gasteiger partial charge in [-0.15, -0.1) is 0 Å². The molecule has 2 N–H and O–H groups in total. The number of hydrogen-bond donors (Lipinski definition) is 2. The Hall–Kier alpha value is -2.17. The third kappa shape index (κ3) is 1.43. The monoisotopic (exact) mass is 229 g/mol. The smallest absolute Gasteiger partial charge is 0.335 e. The zero-order valence-corrected chi connectivity index (χ0v) is 9.05. The molecular formula is C12H11N3O2. The van der Waals surface area contributed by atoms with Crippen LogP contribution in [0.15, 0.2) is 30.5 Å². The van der Waals surface area contributed by atoms with Gasteiger partial charge in [0.1, 0.15) is 0 Å². The molecule has 0 aliphatic heterocycles. The van der Waals surface area contributed by atoms with Gasteiger partial charge in [-0.2, -0.15) is 15.4 Å². The first-order valence-corrected chi connectivity index (χ1v) is 5.43. The zero-order valence-electron chi connectivity index (χ0n) is 9.05. The lowest BCUT2D eigenvalue weighted by molar-refractivity contribution is 0.0695. The first-order valence-electron chi connectivity index (χ1n) is 5.43. The number of rotatable bonds is 3. The highest BCUT2D eigenvalue weighted by atomic mass is 16.4. The zero-order chi connectivity index (χ0) is 11.9. The van der Waals surface area contributed by atoms with Gasteiger partial charge >= 0.3 is 5.97 Å². The van der Waals surface area contributed by atoms with Gasteiger partial charge in [-0.1, -0.05) is 18.2 Å². The molecule has 0 bridgehead atoms. The first kappa shape index (κ1) is 10.0. The van der Waals surface area contributed by atoms with E-state index in [1.165, 1.54) is 0 Å². The van der Waals surface area contributed by atoms with Crippen molar-refractivity contribution in [2.75, 3.05) is 0 Å². The van der Waals surface area contributed by atoms with Gasteiger partial charge in [0.05, 0.1) is 17.5 Å². The molecule has 0 amide bonds. The largest absolute Gasteiger partial charge is 0.478 e. The molecular weight excluding hydrogens is 218 g/mol. The Morgan fingerprint density at radius 3 is 2.71 bits per heavy atom.